The summed E-state index contributed by atoms with van der Waals surface area (Å²) in [6, 6.07) is 3.26. The number of rotatable bonds is 3. The van der Waals surface area contributed by atoms with E-state index in [2.05, 4.69) is 4.90 Å². The van der Waals surface area contributed by atoms with Crippen molar-refractivity contribution in [2.75, 3.05) is 26.7 Å². The van der Waals surface area contributed by atoms with Gasteiger partial charge in [0.1, 0.15) is 5.82 Å². The fraction of sp³-hybridized carbons (Fsp3) is 0.571. The zero-order chi connectivity index (χ0) is 15.6. The molecule has 0 aromatic heterocycles. The second kappa shape index (κ2) is 6.39. The van der Waals surface area contributed by atoms with Crippen LogP contribution in [-0.2, 0) is 16.6 Å². The maximum absolute atomic E-state index is 13.4. The van der Waals surface area contributed by atoms with E-state index >= 15 is 0 Å². The average molecular weight is 316 g/mol. The standard InChI is InChI=1S/C14H21FN2O3S/c1-11-9-16(2)6-3-7-17(11)21(19,20)14-8-13(15)5-4-12(14)10-18/h4-5,8,11,18H,3,6-7,9-10H2,1-2H3. The first-order chi connectivity index (χ1) is 9.86. The Morgan fingerprint density at radius 2 is 2.10 bits per heavy atom. The molecule has 1 aromatic rings. The van der Waals surface area contributed by atoms with E-state index < -0.39 is 22.4 Å². The van der Waals surface area contributed by atoms with Gasteiger partial charge in [0.05, 0.1) is 11.5 Å². The largest absolute Gasteiger partial charge is 0.392 e. The first kappa shape index (κ1) is 16.4. The summed E-state index contributed by atoms with van der Waals surface area (Å²) in [4.78, 5) is 1.94. The van der Waals surface area contributed by atoms with Gasteiger partial charge in [-0.05, 0) is 44.6 Å². The van der Waals surface area contributed by atoms with Crippen molar-refractivity contribution in [1.82, 2.24) is 9.21 Å². The minimum absolute atomic E-state index is 0.138. The van der Waals surface area contributed by atoms with E-state index in [0.29, 0.717) is 13.1 Å². The van der Waals surface area contributed by atoms with Gasteiger partial charge in [0.25, 0.3) is 0 Å². The molecule has 1 aliphatic heterocycles. The van der Waals surface area contributed by atoms with Crippen LogP contribution in [0.4, 0.5) is 4.39 Å². The molecule has 1 aromatic carbocycles. The van der Waals surface area contributed by atoms with Crippen LogP contribution in [-0.4, -0.2) is 55.5 Å². The number of hydrogen-bond acceptors (Lipinski definition) is 4. The summed E-state index contributed by atoms with van der Waals surface area (Å²) in [5.74, 6) is -0.620. The maximum Gasteiger partial charge on any atom is 0.243 e. The van der Waals surface area contributed by atoms with Crippen LogP contribution in [0.15, 0.2) is 23.1 Å². The van der Waals surface area contributed by atoms with Crippen molar-refractivity contribution < 1.29 is 17.9 Å². The van der Waals surface area contributed by atoms with Crippen LogP contribution in [0.1, 0.15) is 18.9 Å². The quantitative estimate of drug-likeness (QED) is 0.905. The normalized spacial score (nSPS) is 22.2. The zero-order valence-corrected chi connectivity index (χ0v) is 13.1. The van der Waals surface area contributed by atoms with Crippen molar-refractivity contribution in [3.8, 4) is 0 Å². The minimum atomic E-state index is -3.82. The summed E-state index contributed by atoms with van der Waals surface area (Å²) >= 11 is 0. The maximum atomic E-state index is 13.4. The molecule has 2 rings (SSSR count). The van der Waals surface area contributed by atoms with Gasteiger partial charge in [-0.2, -0.15) is 4.31 Å². The first-order valence-electron chi connectivity index (χ1n) is 6.96. The molecule has 1 saturated heterocycles. The van der Waals surface area contributed by atoms with Crippen molar-refractivity contribution in [3.05, 3.63) is 29.6 Å². The van der Waals surface area contributed by atoms with Gasteiger partial charge < -0.3 is 10.0 Å². The molecule has 1 N–H and O–H groups in total. The summed E-state index contributed by atoms with van der Waals surface area (Å²) in [5, 5.41) is 9.32. The van der Waals surface area contributed by atoms with Crippen molar-refractivity contribution >= 4 is 10.0 Å². The number of aliphatic hydroxyl groups is 1. The Hall–Kier alpha value is -1.02. The third-order valence-corrected chi connectivity index (χ3v) is 5.87. The molecule has 1 aliphatic rings. The third-order valence-electron chi connectivity index (χ3n) is 3.77. The van der Waals surface area contributed by atoms with E-state index in [9.17, 15) is 17.9 Å². The fourth-order valence-corrected chi connectivity index (χ4v) is 4.62. The Bertz CT molecular complexity index is 606. The molecular formula is C14H21FN2O3S. The number of likely N-dealkylation sites (N-methyl/N-ethyl adjacent to an activating group) is 1. The lowest BCUT2D eigenvalue weighted by Gasteiger charge is -2.28. The highest BCUT2D eigenvalue weighted by atomic mass is 32.2. The van der Waals surface area contributed by atoms with Crippen LogP contribution < -0.4 is 0 Å². The van der Waals surface area contributed by atoms with E-state index in [1.54, 1.807) is 0 Å². The lowest BCUT2D eigenvalue weighted by Crippen LogP contribution is -2.42. The molecule has 0 radical (unpaired) electrons. The molecule has 0 saturated carbocycles. The fourth-order valence-electron chi connectivity index (χ4n) is 2.73. The molecule has 1 heterocycles. The van der Waals surface area contributed by atoms with Gasteiger partial charge in [0.15, 0.2) is 0 Å². The van der Waals surface area contributed by atoms with Gasteiger partial charge in [-0.25, -0.2) is 12.8 Å². The summed E-state index contributed by atoms with van der Waals surface area (Å²) in [5.41, 5.74) is 0.223. The van der Waals surface area contributed by atoms with Crippen molar-refractivity contribution in [2.45, 2.75) is 30.9 Å². The molecule has 1 atom stereocenters. The third kappa shape index (κ3) is 3.42. The van der Waals surface area contributed by atoms with E-state index in [1.807, 2.05) is 14.0 Å². The van der Waals surface area contributed by atoms with Gasteiger partial charge in [-0.3, -0.25) is 0 Å². The second-order valence-corrected chi connectivity index (χ2v) is 7.35. The lowest BCUT2D eigenvalue weighted by molar-refractivity contribution is 0.275. The summed E-state index contributed by atoms with van der Waals surface area (Å²) in [6.45, 7) is 3.26. The molecule has 1 unspecified atom stereocenters. The van der Waals surface area contributed by atoms with E-state index in [1.165, 1.54) is 10.4 Å². The Morgan fingerprint density at radius 1 is 1.38 bits per heavy atom. The van der Waals surface area contributed by atoms with E-state index in [4.69, 9.17) is 0 Å². The summed E-state index contributed by atoms with van der Waals surface area (Å²) in [6.07, 6.45) is 0.726. The van der Waals surface area contributed by atoms with Gasteiger partial charge in [-0.1, -0.05) is 6.07 Å². The van der Waals surface area contributed by atoms with Crippen LogP contribution in [0, 0.1) is 5.82 Å². The van der Waals surface area contributed by atoms with Gasteiger partial charge in [0.2, 0.25) is 10.0 Å². The van der Waals surface area contributed by atoms with Gasteiger partial charge in [0, 0.05) is 19.1 Å². The summed E-state index contributed by atoms with van der Waals surface area (Å²) < 4.78 is 40.5. The Morgan fingerprint density at radius 3 is 2.76 bits per heavy atom. The Kier molecular flexibility index (Phi) is 4.98. The van der Waals surface area contributed by atoms with E-state index in [-0.39, 0.29) is 16.5 Å². The van der Waals surface area contributed by atoms with Crippen LogP contribution >= 0.6 is 0 Å². The predicted octanol–water partition coefficient (Wildman–Crippen LogP) is 1.03. The summed E-state index contributed by atoms with van der Waals surface area (Å²) in [7, 11) is -1.86. The molecular weight excluding hydrogens is 295 g/mol. The molecule has 0 aliphatic carbocycles. The number of hydrogen-bond donors (Lipinski definition) is 1. The molecule has 118 valence electrons. The highest BCUT2D eigenvalue weighted by molar-refractivity contribution is 7.89. The van der Waals surface area contributed by atoms with Crippen LogP contribution in [0.3, 0.4) is 0 Å². The number of nitrogens with zero attached hydrogens (tertiary/aromatic N) is 2. The monoisotopic (exact) mass is 316 g/mol. The highest BCUT2D eigenvalue weighted by Gasteiger charge is 2.32. The smallest absolute Gasteiger partial charge is 0.243 e. The number of aliphatic hydroxyl groups excluding tert-OH is 1. The van der Waals surface area contributed by atoms with Gasteiger partial charge >= 0.3 is 0 Å². The molecule has 0 bridgehead atoms. The van der Waals surface area contributed by atoms with Crippen molar-refractivity contribution in [1.29, 1.82) is 0 Å². The first-order valence-corrected chi connectivity index (χ1v) is 8.40. The Balaban J connectivity index is 2.43. The van der Waals surface area contributed by atoms with Crippen LogP contribution in [0.2, 0.25) is 0 Å². The molecule has 1 fully saturated rings. The Labute approximate surface area is 125 Å². The van der Waals surface area contributed by atoms with E-state index in [0.717, 1.165) is 25.1 Å². The second-order valence-electron chi connectivity index (χ2n) is 5.49. The molecule has 5 nitrogen and oxygen atoms in total. The minimum Gasteiger partial charge on any atom is -0.392 e. The predicted molar refractivity (Wildman–Crippen MR) is 77.8 cm³/mol. The molecule has 0 spiro atoms. The van der Waals surface area contributed by atoms with Crippen molar-refractivity contribution in [2.24, 2.45) is 0 Å². The van der Waals surface area contributed by atoms with Crippen molar-refractivity contribution in [3.63, 3.8) is 0 Å². The lowest BCUT2D eigenvalue weighted by atomic mass is 10.2. The molecule has 21 heavy (non-hydrogen) atoms. The van der Waals surface area contributed by atoms with Crippen LogP contribution in [0.25, 0.3) is 0 Å². The van der Waals surface area contributed by atoms with Crippen LogP contribution in [0.5, 0.6) is 0 Å². The molecule has 0 amide bonds. The highest BCUT2D eigenvalue weighted by Crippen LogP contribution is 2.25. The zero-order valence-electron chi connectivity index (χ0n) is 12.3. The molecule has 7 heteroatoms. The average Bonchev–Trinajstić information content (AvgIpc) is 2.59. The number of halogens is 1. The number of benzene rings is 1. The SMILES string of the molecule is CC1CN(C)CCCN1S(=O)(=O)c1cc(F)ccc1CO. The van der Waals surface area contributed by atoms with Gasteiger partial charge in [-0.15, -0.1) is 0 Å². The number of sulfonamides is 1. The topological polar surface area (TPSA) is 60.9 Å².